The molecule has 3 N–H and O–H groups in total. The molecule has 0 aliphatic carbocycles. The molecule has 0 bridgehead atoms. The van der Waals surface area contributed by atoms with Gasteiger partial charge in [-0.3, -0.25) is 0 Å². The van der Waals surface area contributed by atoms with Crippen LogP contribution in [0.5, 0.6) is 0 Å². The SMILES string of the molecule is CCNC(=NCC(C)(O)c1ccco1)NCCN(CC)CC.I. The minimum absolute atomic E-state index is 0. The van der Waals surface area contributed by atoms with Gasteiger partial charge in [-0.1, -0.05) is 13.8 Å². The average Bonchev–Trinajstić information content (AvgIpc) is 3.04. The predicted octanol–water partition coefficient (Wildman–Crippen LogP) is 2.00. The Balaban J connectivity index is 0.00000484. The zero-order chi connectivity index (χ0) is 16.4. The van der Waals surface area contributed by atoms with Crippen molar-refractivity contribution in [1.29, 1.82) is 0 Å². The van der Waals surface area contributed by atoms with E-state index in [2.05, 4.69) is 34.4 Å². The van der Waals surface area contributed by atoms with Crippen LogP contribution in [0.4, 0.5) is 0 Å². The van der Waals surface area contributed by atoms with Crippen LogP contribution in [0.25, 0.3) is 0 Å². The summed E-state index contributed by atoms with van der Waals surface area (Å²) in [5.74, 6) is 1.23. The summed E-state index contributed by atoms with van der Waals surface area (Å²) in [5, 5.41) is 16.9. The lowest BCUT2D eigenvalue weighted by Gasteiger charge is -2.21. The molecule has 0 radical (unpaired) electrons. The summed E-state index contributed by atoms with van der Waals surface area (Å²) in [6.07, 6.45) is 1.56. The topological polar surface area (TPSA) is 73.0 Å². The summed E-state index contributed by atoms with van der Waals surface area (Å²) in [7, 11) is 0. The Labute approximate surface area is 156 Å². The van der Waals surface area contributed by atoms with Crippen LogP contribution in [-0.2, 0) is 5.60 Å². The largest absolute Gasteiger partial charge is 0.466 e. The van der Waals surface area contributed by atoms with E-state index in [4.69, 9.17) is 4.42 Å². The highest BCUT2D eigenvalue weighted by molar-refractivity contribution is 14.0. The maximum Gasteiger partial charge on any atom is 0.191 e. The smallest absolute Gasteiger partial charge is 0.191 e. The lowest BCUT2D eigenvalue weighted by molar-refractivity contribution is 0.0437. The van der Waals surface area contributed by atoms with Gasteiger partial charge in [0.2, 0.25) is 0 Å². The van der Waals surface area contributed by atoms with Gasteiger partial charge in [-0.05, 0) is 39.1 Å². The van der Waals surface area contributed by atoms with Gasteiger partial charge < -0.3 is 25.1 Å². The maximum atomic E-state index is 10.4. The van der Waals surface area contributed by atoms with Crippen molar-refractivity contribution in [2.75, 3.05) is 39.3 Å². The molecule has 134 valence electrons. The quantitative estimate of drug-likeness (QED) is 0.313. The van der Waals surface area contributed by atoms with Crippen LogP contribution >= 0.6 is 24.0 Å². The van der Waals surface area contributed by atoms with E-state index in [0.717, 1.165) is 32.7 Å². The maximum absolute atomic E-state index is 10.4. The third-order valence-corrected chi connectivity index (χ3v) is 3.56. The lowest BCUT2D eigenvalue weighted by atomic mass is 10.0. The molecule has 1 atom stereocenters. The molecule has 0 aromatic carbocycles. The molecule has 7 heteroatoms. The fourth-order valence-electron chi connectivity index (χ4n) is 2.11. The van der Waals surface area contributed by atoms with Gasteiger partial charge in [0.1, 0.15) is 11.4 Å². The summed E-state index contributed by atoms with van der Waals surface area (Å²) in [6, 6.07) is 3.53. The molecular formula is C16H31IN4O2. The number of hydrogen-bond donors (Lipinski definition) is 3. The third kappa shape index (κ3) is 8.03. The Morgan fingerprint density at radius 2 is 2.00 bits per heavy atom. The van der Waals surface area contributed by atoms with Crippen molar-refractivity contribution in [2.45, 2.75) is 33.3 Å². The number of nitrogens with zero attached hydrogens (tertiary/aromatic N) is 2. The third-order valence-electron chi connectivity index (χ3n) is 3.56. The molecule has 6 nitrogen and oxygen atoms in total. The number of likely N-dealkylation sites (N-methyl/N-ethyl adjacent to an activating group) is 1. The van der Waals surface area contributed by atoms with E-state index in [1.807, 2.05) is 6.92 Å². The van der Waals surface area contributed by atoms with Gasteiger partial charge in [-0.15, -0.1) is 24.0 Å². The van der Waals surface area contributed by atoms with Crippen molar-refractivity contribution in [3.63, 3.8) is 0 Å². The van der Waals surface area contributed by atoms with Crippen LogP contribution in [0.15, 0.2) is 27.8 Å². The fourth-order valence-corrected chi connectivity index (χ4v) is 2.11. The molecule has 0 spiro atoms. The van der Waals surface area contributed by atoms with Crippen LogP contribution < -0.4 is 10.6 Å². The van der Waals surface area contributed by atoms with Gasteiger partial charge in [-0.25, -0.2) is 4.99 Å². The van der Waals surface area contributed by atoms with Gasteiger partial charge in [0.15, 0.2) is 5.96 Å². The van der Waals surface area contributed by atoms with E-state index in [0.29, 0.717) is 11.7 Å². The molecular weight excluding hydrogens is 407 g/mol. The van der Waals surface area contributed by atoms with Gasteiger partial charge in [0.25, 0.3) is 0 Å². The first-order valence-electron chi connectivity index (χ1n) is 8.04. The van der Waals surface area contributed by atoms with Crippen molar-refractivity contribution >= 4 is 29.9 Å². The Hall–Kier alpha value is -0.800. The minimum atomic E-state index is -1.11. The van der Waals surface area contributed by atoms with Gasteiger partial charge in [-0.2, -0.15) is 0 Å². The van der Waals surface area contributed by atoms with Crippen LogP contribution in [0.2, 0.25) is 0 Å². The Kier molecular flexibility index (Phi) is 11.3. The number of hydrogen-bond acceptors (Lipinski definition) is 4. The predicted molar refractivity (Wildman–Crippen MR) is 105 cm³/mol. The Morgan fingerprint density at radius 3 is 2.52 bits per heavy atom. The average molecular weight is 438 g/mol. The Morgan fingerprint density at radius 1 is 1.30 bits per heavy atom. The summed E-state index contributed by atoms with van der Waals surface area (Å²) < 4.78 is 5.27. The fraction of sp³-hybridized carbons (Fsp3) is 0.688. The minimum Gasteiger partial charge on any atom is -0.466 e. The van der Waals surface area contributed by atoms with E-state index in [1.165, 1.54) is 0 Å². The lowest BCUT2D eigenvalue weighted by Crippen LogP contribution is -2.42. The molecule has 0 fully saturated rings. The molecule has 0 aliphatic heterocycles. The van der Waals surface area contributed by atoms with Gasteiger partial charge in [0, 0.05) is 19.6 Å². The second-order valence-electron chi connectivity index (χ2n) is 5.40. The number of rotatable bonds is 9. The van der Waals surface area contributed by atoms with Crippen molar-refractivity contribution in [2.24, 2.45) is 4.99 Å². The normalized spacial score (nSPS) is 14.3. The molecule has 23 heavy (non-hydrogen) atoms. The van der Waals surface area contributed by atoms with Crippen LogP contribution in [0, 0.1) is 0 Å². The van der Waals surface area contributed by atoms with Gasteiger partial charge in [0.05, 0.1) is 12.8 Å². The first kappa shape index (κ1) is 22.2. The highest BCUT2D eigenvalue weighted by atomic mass is 127. The molecule has 0 amide bonds. The molecule has 1 unspecified atom stereocenters. The standard InChI is InChI=1S/C16H30N4O2.HI/c1-5-17-15(18-10-11-20(6-2)7-3)19-13-16(4,21)14-9-8-12-22-14;/h8-9,12,21H,5-7,10-11,13H2,1-4H3,(H2,17,18,19);1H. The summed E-state index contributed by atoms with van der Waals surface area (Å²) in [6.45, 7) is 12.9. The zero-order valence-electron chi connectivity index (χ0n) is 14.6. The highest BCUT2D eigenvalue weighted by Crippen LogP contribution is 2.20. The first-order chi connectivity index (χ1) is 10.5. The monoisotopic (exact) mass is 438 g/mol. The van der Waals surface area contributed by atoms with Crippen molar-refractivity contribution in [3.8, 4) is 0 Å². The van der Waals surface area contributed by atoms with E-state index in [-0.39, 0.29) is 30.5 Å². The van der Waals surface area contributed by atoms with E-state index < -0.39 is 5.60 Å². The van der Waals surface area contributed by atoms with Crippen molar-refractivity contribution in [1.82, 2.24) is 15.5 Å². The molecule has 0 aliphatic rings. The van der Waals surface area contributed by atoms with Crippen molar-refractivity contribution < 1.29 is 9.52 Å². The van der Waals surface area contributed by atoms with Gasteiger partial charge >= 0.3 is 0 Å². The molecule has 1 aromatic rings. The number of nitrogens with one attached hydrogen (secondary N) is 2. The van der Waals surface area contributed by atoms with Crippen molar-refractivity contribution in [3.05, 3.63) is 24.2 Å². The number of halogens is 1. The summed E-state index contributed by atoms with van der Waals surface area (Å²) in [4.78, 5) is 6.80. The first-order valence-corrected chi connectivity index (χ1v) is 8.04. The van der Waals surface area contributed by atoms with E-state index in [1.54, 1.807) is 25.3 Å². The number of guanidine groups is 1. The highest BCUT2D eigenvalue weighted by Gasteiger charge is 2.25. The summed E-state index contributed by atoms with van der Waals surface area (Å²) in [5.41, 5.74) is -1.11. The second-order valence-corrected chi connectivity index (χ2v) is 5.40. The van der Waals surface area contributed by atoms with E-state index in [9.17, 15) is 5.11 Å². The number of aliphatic hydroxyl groups is 1. The molecule has 1 aromatic heterocycles. The molecule has 0 saturated carbocycles. The molecule has 1 heterocycles. The number of furan rings is 1. The molecule has 0 saturated heterocycles. The van der Waals surface area contributed by atoms with Crippen LogP contribution in [-0.4, -0.2) is 55.2 Å². The molecule has 1 rings (SSSR count). The Bertz CT molecular complexity index is 431. The number of aliphatic imine (C=N–C) groups is 1. The summed E-state index contributed by atoms with van der Waals surface area (Å²) >= 11 is 0. The second kappa shape index (κ2) is 11.7. The van der Waals surface area contributed by atoms with Crippen LogP contribution in [0.1, 0.15) is 33.5 Å². The van der Waals surface area contributed by atoms with Crippen LogP contribution in [0.3, 0.4) is 0 Å². The van der Waals surface area contributed by atoms with E-state index >= 15 is 0 Å². The zero-order valence-corrected chi connectivity index (χ0v) is 17.0.